The molecule has 4 heteroatoms. The van der Waals surface area contributed by atoms with Crippen molar-refractivity contribution in [2.24, 2.45) is 17.6 Å². The quantitative estimate of drug-likeness (QED) is 0.759. The van der Waals surface area contributed by atoms with Crippen LogP contribution in [0, 0.1) is 11.8 Å². The van der Waals surface area contributed by atoms with Gasteiger partial charge in [-0.2, -0.15) is 0 Å². The Labute approximate surface area is 98.1 Å². The van der Waals surface area contributed by atoms with E-state index in [0.29, 0.717) is 18.9 Å². The molecule has 1 fully saturated rings. The van der Waals surface area contributed by atoms with Crippen molar-refractivity contribution in [3.05, 3.63) is 0 Å². The Hall–Kier alpha value is -0.610. The van der Waals surface area contributed by atoms with Gasteiger partial charge >= 0.3 is 0 Å². The van der Waals surface area contributed by atoms with E-state index in [4.69, 9.17) is 10.5 Å². The number of carbonyl (C=O) groups excluding carboxylic acids is 1. The maximum atomic E-state index is 11.8. The molecule has 1 saturated heterocycles. The lowest BCUT2D eigenvalue weighted by Gasteiger charge is -2.27. The van der Waals surface area contributed by atoms with E-state index >= 15 is 0 Å². The van der Waals surface area contributed by atoms with Crippen LogP contribution in [0.3, 0.4) is 0 Å². The summed E-state index contributed by atoms with van der Waals surface area (Å²) in [6.45, 7) is 5.13. The Bertz CT molecular complexity index is 215. The van der Waals surface area contributed by atoms with Gasteiger partial charge in [-0.05, 0) is 31.2 Å². The summed E-state index contributed by atoms with van der Waals surface area (Å²) in [7, 11) is 1.89. The average Bonchev–Trinajstić information content (AvgIpc) is 2.30. The summed E-state index contributed by atoms with van der Waals surface area (Å²) in [5.74, 6) is 1.10. The molecule has 1 aliphatic heterocycles. The zero-order valence-corrected chi connectivity index (χ0v) is 10.4. The lowest BCUT2D eigenvalue weighted by Crippen LogP contribution is -2.35. The molecule has 1 atom stereocenters. The zero-order valence-electron chi connectivity index (χ0n) is 10.4. The maximum absolute atomic E-state index is 11.8. The van der Waals surface area contributed by atoms with Crippen LogP contribution >= 0.6 is 0 Å². The second-order valence-electron chi connectivity index (χ2n) is 4.88. The lowest BCUT2D eigenvalue weighted by molar-refractivity contribution is -0.131. The van der Waals surface area contributed by atoms with Crippen LogP contribution in [0.2, 0.25) is 0 Å². The van der Waals surface area contributed by atoms with E-state index in [1.807, 2.05) is 18.9 Å². The molecule has 16 heavy (non-hydrogen) atoms. The van der Waals surface area contributed by atoms with E-state index in [-0.39, 0.29) is 11.8 Å². The highest BCUT2D eigenvalue weighted by Crippen LogP contribution is 2.16. The number of carbonyl (C=O) groups is 1. The van der Waals surface area contributed by atoms with Crippen molar-refractivity contribution in [1.29, 1.82) is 0 Å². The molecule has 1 amide bonds. The van der Waals surface area contributed by atoms with Crippen molar-refractivity contribution in [2.45, 2.75) is 26.2 Å². The van der Waals surface area contributed by atoms with E-state index in [2.05, 4.69) is 0 Å². The Morgan fingerprint density at radius 3 is 2.69 bits per heavy atom. The topological polar surface area (TPSA) is 55.6 Å². The van der Waals surface area contributed by atoms with Crippen molar-refractivity contribution >= 4 is 5.91 Å². The largest absolute Gasteiger partial charge is 0.381 e. The van der Waals surface area contributed by atoms with E-state index in [1.165, 1.54) is 0 Å². The molecule has 1 heterocycles. The monoisotopic (exact) mass is 228 g/mol. The smallest absolute Gasteiger partial charge is 0.222 e. The van der Waals surface area contributed by atoms with Gasteiger partial charge < -0.3 is 15.4 Å². The fourth-order valence-electron chi connectivity index (χ4n) is 1.96. The molecule has 0 aromatic heterocycles. The molecule has 0 aliphatic carbocycles. The highest BCUT2D eigenvalue weighted by Gasteiger charge is 2.19. The minimum absolute atomic E-state index is 0.212. The second kappa shape index (κ2) is 6.86. The third-order valence-corrected chi connectivity index (χ3v) is 3.22. The summed E-state index contributed by atoms with van der Waals surface area (Å²) < 4.78 is 5.30. The highest BCUT2D eigenvalue weighted by atomic mass is 16.5. The van der Waals surface area contributed by atoms with Gasteiger partial charge in [-0.3, -0.25) is 4.79 Å². The Kier molecular flexibility index (Phi) is 5.77. The van der Waals surface area contributed by atoms with Gasteiger partial charge in [0.25, 0.3) is 0 Å². The van der Waals surface area contributed by atoms with Crippen molar-refractivity contribution < 1.29 is 9.53 Å². The molecule has 0 saturated carbocycles. The van der Waals surface area contributed by atoms with Crippen LogP contribution in [-0.4, -0.2) is 44.2 Å². The van der Waals surface area contributed by atoms with Gasteiger partial charge in [0, 0.05) is 33.2 Å². The van der Waals surface area contributed by atoms with Gasteiger partial charge in [0.05, 0.1) is 0 Å². The van der Waals surface area contributed by atoms with Crippen LogP contribution in [-0.2, 0) is 9.53 Å². The summed E-state index contributed by atoms with van der Waals surface area (Å²) in [5.41, 5.74) is 5.52. The first-order chi connectivity index (χ1) is 7.63. The van der Waals surface area contributed by atoms with Crippen molar-refractivity contribution in [2.75, 3.05) is 33.4 Å². The minimum atomic E-state index is 0.212. The first-order valence-electron chi connectivity index (χ1n) is 6.15. The number of hydrogen-bond donors (Lipinski definition) is 1. The summed E-state index contributed by atoms with van der Waals surface area (Å²) in [5, 5.41) is 0. The average molecular weight is 228 g/mol. The van der Waals surface area contributed by atoms with Gasteiger partial charge in [-0.1, -0.05) is 6.92 Å². The molecule has 0 aromatic rings. The van der Waals surface area contributed by atoms with Crippen LogP contribution in [0.25, 0.3) is 0 Å². The highest BCUT2D eigenvalue weighted by molar-refractivity contribution is 5.76. The molecular formula is C12H24N2O2. The molecule has 1 unspecified atom stereocenters. The van der Waals surface area contributed by atoms with Crippen molar-refractivity contribution in [3.8, 4) is 0 Å². The third kappa shape index (κ3) is 4.49. The van der Waals surface area contributed by atoms with Crippen LogP contribution in [0.15, 0.2) is 0 Å². The maximum Gasteiger partial charge on any atom is 0.222 e. The van der Waals surface area contributed by atoms with Gasteiger partial charge in [-0.25, -0.2) is 0 Å². The molecular weight excluding hydrogens is 204 g/mol. The van der Waals surface area contributed by atoms with Gasteiger partial charge in [0.15, 0.2) is 0 Å². The number of amides is 1. The summed E-state index contributed by atoms with van der Waals surface area (Å²) in [6.07, 6.45) is 2.71. The first kappa shape index (κ1) is 13.5. The molecule has 94 valence electrons. The van der Waals surface area contributed by atoms with Crippen molar-refractivity contribution in [1.82, 2.24) is 4.90 Å². The molecule has 0 spiro atoms. The molecule has 0 bridgehead atoms. The molecule has 1 rings (SSSR count). The standard InChI is InChI=1S/C12H24N2O2/c1-10(8-13)7-12(15)14(2)9-11-3-5-16-6-4-11/h10-11H,3-9,13H2,1-2H3. The number of nitrogens with zero attached hydrogens (tertiary/aromatic N) is 1. The predicted molar refractivity (Wildman–Crippen MR) is 64.0 cm³/mol. The summed E-state index contributed by atoms with van der Waals surface area (Å²) in [6, 6.07) is 0. The lowest BCUT2D eigenvalue weighted by atomic mass is 9.99. The van der Waals surface area contributed by atoms with E-state index in [1.54, 1.807) is 0 Å². The third-order valence-electron chi connectivity index (χ3n) is 3.22. The molecule has 2 N–H and O–H groups in total. The Morgan fingerprint density at radius 1 is 1.50 bits per heavy atom. The number of nitrogens with two attached hydrogens (primary N) is 1. The van der Waals surface area contributed by atoms with Gasteiger partial charge in [0.2, 0.25) is 5.91 Å². The van der Waals surface area contributed by atoms with E-state index in [0.717, 1.165) is 32.6 Å². The molecule has 0 radical (unpaired) electrons. The fourth-order valence-corrected chi connectivity index (χ4v) is 1.96. The van der Waals surface area contributed by atoms with Gasteiger partial charge in [0.1, 0.15) is 0 Å². The fraction of sp³-hybridized carbons (Fsp3) is 0.917. The second-order valence-corrected chi connectivity index (χ2v) is 4.88. The number of ether oxygens (including phenoxy) is 1. The predicted octanol–water partition coefficient (Wildman–Crippen LogP) is 0.856. The molecule has 4 nitrogen and oxygen atoms in total. The van der Waals surface area contributed by atoms with Gasteiger partial charge in [-0.15, -0.1) is 0 Å². The SMILES string of the molecule is CC(CN)CC(=O)N(C)CC1CCOCC1. The first-order valence-corrected chi connectivity index (χ1v) is 6.15. The number of hydrogen-bond acceptors (Lipinski definition) is 3. The van der Waals surface area contributed by atoms with E-state index < -0.39 is 0 Å². The molecule has 0 aromatic carbocycles. The summed E-state index contributed by atoms with van der Waals surface area (Å²) >= 11 is 0. The molecule has 1 aliphatic rings. The minimum Gasteiger partial charge on any atom is -0.381 e. The van der Waals surface area contributed by atoms with Crippen LogP contribution in [0.4, 0.5) is 0 Å². The zero-order chi connectivity index (χ0) is 12.0. The summed E-state index contributed by atoms with van der Waals surface area (Å²) in [4.78, 5) is 13.7. The normalized spacial score (nSPS) is 19.4. The Balaban J connectivity index is 2.27. The van der Waals surface area contributed by atoms with E-state index in [9.17, 15) is 4.79 Å². The van der Waals surface area contributed by atoms with Crippen LogP contribution in [0.1, 0.15) is 26.2 Å². The van der Waals surface area contributed by atoms with Crippen LogP contribution < -0.4 is 5.73 Å². The Morgan fingerprint density at radius 2 is 2.12 bits per heavy atom. The van der Waals surface area contributed by atoms with Crippen molar-refractivity contribution in [3.63, 3.8) is 0 Å². The number of rotatable bonds is 5. The van der Waals surface area contributed by atoms with Crippen LogP contribution in [0.5, 0.6) is 0 Å².